The summed E-state index contributed by atoms with van der Waals surface area (Å²) in [7, 11) is 0. The maximum Gasteiger partial charge on any atom is 0.185 e. The van der Waals surface area contributed by atoms with Crippen LogP contribution in [0.1, 0.15) is 6.92 Å². The van der Waals surface area contributed by atoms with Crippen LogP contribution in [0.25, 0.3) is 11.0 Å². The molecule has 0 amide bonds. The predicted octanol–water partition coefficient (Wildman–Crippen LogP) is 2.64. The van der Waals surface area contributed by atoms with Gasteiger partial charge in [0, 0.05) is 12.2 Å². The summed E-state index contributed by atoms with van der Waals surface area (Å²) in [5.41, 5.74) is 7.66. The quantitative estimate of drug-likeness (QED) is 0.383. The minimum Gasteiger partial charge on any atom is -0.401 e. The average Bonchev–Trinajstić information content (AvgIpc) is 2.84. The van der Waals surface area contributed by atoms with Gasteiger partial charge >= 0.3 is 0 Å². The van der Waals surface area contributed by atoms with Crippen molar-refractivity contribution in [1.82, 2.24) is 9.55 Å². The lowest BCUT2D eigenvalue weighted by Crippen LogP contribution is -2.11. The third kappa shape index (κ3) is 3.21. The second-order valence-electron chi connectivity index (χ2n) is 4.66. The first kappa shape index (κ1) is 15.9. The third-order valence-corrected chi connectivity index (χ3v) is 4.02. The van der Waals surface area contributed by atoms with E-state index >= 15 is 0 Å². The summed E-state index contributed by atoms with van der Waals surface area (Å²) in [5, 5.41) is 9.69. The summed E-state index contributed by atoms with van der Waals surface area (Å²) in [4.78, 5) is 16.6. The number of para-hydroxylation sites is 2. The first-order valence-corrected chi connectivity index (χ1v) is 7.65. The summed E-state index contributed by atoms with van der Waals surface area (Å²) in [6.45, 7) is 5.91. The van der Waals surface area contributed by atoms with E-state index in [0.29, 0.717) is 6.54 Å². The van der Waals surface area contributed by atoms with Crippen molar-refractivity contribution in [2.75, 3.05) is 5.75 Å². The fourth-order valence-corrected chi connectivity index (χ4v) is 2.94. The molecule has 0 fully saturated rings. The number of hydrogen-bond donors (Lipinski definition) is 1. The number of rotatable bonds is 6. The Morgan fingerprint density at radius 1 is 1.55 bits per heavy atom. The maximum absolute atomic E-state index is 12.0. The number of benzene rings is 1. The molecule has 22 heavy (non-hydrogen) atoms. The van der Waals surface area contributed by atoms with Crippen molar-refractivity contribution >= 4 is 28.6 Å². The predicted molar refractivity (Wildman–Crippen MR) is 88.2 cm³/mol. The highest BCUT2D eigenvalue weighted by atomic mass is 32.2. The smallest absolute Gasteiger partial charge is 0.185 e. The van der Waals surface area contributed by atoms with Crippen molar-refractivity contribution in [3.05, 3.63) is 48.2 Å². The number of carbonyl (C=O) groups is 1. The first-order valence-electron chi connectivity index (χ1n) is 6.67. The molecule has 0 unspecified atom stereocenters. The van der Waals surface area contributed by atoms with Gasteiger partial charge in [-0.3, -0.25) is 4.79 Å². The van der Waals surface area contributed by atoms with Gasteiger partial charge in [-0.15, -0.1) is 6.58 Å². The Labute approximate surface area is 133 Å². The Morgan fingerprint density at radius 3 is 2.91 bits per heavy atom. The fourth-order valence-electron chi connectivity index (χ4n) is 2.04. The molecule has 0 aliphatic rings. The Bertz CT molecular complexity index is 794. The number of thioether (sulfide) groups is 1. The number of nitrogens with two attached hydrogens (primary N) is 1. The zero-order valence-corrected chi connectivity index (χ0v) is 13.1. The fraction of sp³-hybridized carbons (Fsp3) is 0.188. The average molecular weight is 312 g/mol. The summed E-state index contributed by atoms with van der Waals surface area (Å²) in [6.07, 6.45) is 1.78. The van der Waals surface area contributed by atoms with E-state index in [-0.39, 0.29) is 22.8 Å². The van der Waals surface area contributed by atoms with Gasteiger partial charge < -0.3 is 10.3 Å². The number of nitriles is 1. The topological polar surface area (TPSA) is 84.7 Å². The molecule has 1 aromatic heterocycles. The van der Waals surface area contributed by atoms with Gasteiger partial charge in [-0.05, 0) is 19.1 Å². The zero-order valence-electron chi connectivity index (χ0n) is 12.2. The van der Waals surface area contributed by atoms with Gasteiger partial charge in [0.1, 0.15) is 11.6 Å². The molecule has 6 heteroatoms. The summed E-state index contributed by atoms with van der Waals surface area (Å²) < 4.78 is 1.99. The van der Waals surface area contributed by atoms with Crippen LogP contribution in [-0.4, -0.2) is 21.1 Å². The van der Waals surface area contributed by atoms with E-state index in [4.69, 9.17) is 11.0 Å². The Kier molecular flexibility index (Phi) is 5.02. The van der Waals surface area contributed by atoms with Crippen molar-refractivity contribution in [3.63, 3.8) is 0 Å². The van der Waals surface area contributed by atoms with Crippen LogP contribution < -0.4 is 5.73 Å². The minimum atomic E-state index is -0.287. The number of imidazole rings is 1. The molecular formula is C16H16N4OS. The lowest BCUT2D eigenvalue weighted by molar-refractivity contribution is -0.112. The summed E-state index contributed by atoms with van der Waals surface area (Å²) >= 11 is 1.30. The molecule has 0 bridgehead atoms. The third-order valence-electron chi connectivity index (χ3n) is 3.05. The molecule has 0 aliphatic carbocycles. The maximum atomic E-state index is 12.0. The van der Waals surface area contributed by atoms with Crippen LogP contribution in [0.15, 0.2) is 53.3 Å². The molecule has 5 nitrogen and oxygen atoms in total. The lowest BCUT2D eigenvalue weighted by atomic mass is 10.2. The molecule has 0 spiro atoms. The van der Waals surface area contributed by atoms with Crippen molar-refractivity contribution < 1.29 is 4.79 Å². The number of fused-ring (bicyclic) bond motifs is 1. The summed E-state index contributed by atoms with van der Waals surface area (Å²) in [6, 6.07) is 9.61. The van der Waals surface area contributed by atoms with E-state index in [2.05, 4.69) is 11.6 Å². The zero-order chi connectivity index (χ0) is 16.1. The van der Waals surface area contributed by atoms with Crippen molar-refractivity contribution in [2.45, 2.75) is 18.6 Å². The normalized spacial score (nSPS) is 11.8. The highest BCUT2D eigenvalue weighted by Crippen LogP contribution is 2.24. The van der Waals surface area contributed by atoms with Gasteiger partial charge in [-0.25, -0.2) is 4.98 Å². The number of nitrogens with zero attached hydrogens (tertiary/aromatic N) is 3. The second-order valence-corrected chi connectivity index (χ2v) is 5.61. The Hall–Kier alpha value is -2.52. The van der Waals surface area contributed by atoms with E-state index in [1.54, 1.807) is 13.0 Å². The molecule has 0 radical (unpaired) electrons. The minimum absolute atomic E-state index is 0.0129. The monoisotopic (exact) mass is 312 g/mol. The van der Waals surface area contributed by atoms with Crippen LogP contribution in [0.5, 0.6) is 0 Å². The van der Waals surface area contributed by atoms with E-state index in [1.165, 1.54) is 11.8 Å². The number of carbonyl (C=O) groups excluding carboxylic acids is 1. The van der Waals surface area contributed by atoms with Crippen LogP contribution in [0.4, 0.5) is 0 Å². The van der Waals surface area contributed by atoms with Crippen molar-refractivity contribution in [1.29, 1.82) is 5.26 Å². The highest BCUT2D eigenvalue weighted by Gasteiger charge is 2.15. The number of aromatic nitrogens is 2. The summed E-state index contributed by atoms with van der Waals surface area (Å²) in [5.74, 6) is -0.164. The van der Waals surface area contributed by atoms with Gasteiger partial charge in [-0.2, -0.15) is 5.26 Å². The number of Topliss-reactive ketones (excluding diaryl/α,β-unsaturated/α-hetero) is 1. The molecule has 0 atom stereocenters. The standard InChI is InChI=1S/C16H16N4OS/c1-3-8-20-14-7-5-4-6-13(14)19-16(20)22-10-15(21)12(9-17)11(2)18/h3-7H,1,8,10,18H2,2H3/b12-11-. The van der Waals surface area contributed by atoms with E-state index in [1.807, 2.05) is 34.9 Å². The Balaban J connectivity index is 2.27. The number of allylic oxidation sites excluding steroid dienone is 3. The van der Waals surface area contributed by atoms with Gasteiger partial charge in [0.25, 0.3) is 0 Å². The van der Waals surface area contributed by atoms with Gasteiger partial charge in [-0.1, -0.05) is 30.0 Å². The molecule has 2 aromatic rings. The lowest BCUT2D eigenvalue weighted by Gasteiger charge is -2.05. The first-order chi connectivity index (χ1) is 10.6. The van der Waals surface area contributed by atoms with Crippen LogP contribution >= 0.6 is 11.8 Å². The second kappa shape index (κ2) is 6.96. The van der Waals surface area contributed by atoms with Gasteiger partial charge in [0.2, 0.25) is 0 Å². The molecule has 2 rings (SSSR count). The van der Waals surface area contributed by atoms with Crippen molar-refractivity contribution in [2.24, 2.45) is 5.73 Å². The van der Waals surface area contributed by atoms with Crippen LogP contribution in [0.2, 0.25) is 0 Å². The van der Waals surface area contributed by atoms with Crippen LogP contribution in [-0.2, 0) is 11.3 Å². The SMILES string of the molecule is C=CCn1c(SCC(=O)/C(C#N)=C(/C)N)nc2ccccc21. The highest BCUT2D eigenvalue weighted by molar-refractivity contribution is 7.99. The van der Waals surface area contributed by atoms with Gasteiger partial charge in [0.05, 0.1) is 16.8 Å². The number of ketones is 1. The molecule has 112 valence electrons. The van der Waals surface area contributed by atoms with E-state index in [0.717, 1.165) is 16.2 Å². The molecule has 1 heterocycles. The molecule has 2 N–H and O–H groups in total. The van der Waals surface area contributed by atoms with Crippen LogP contribution in [0.3, 0.4) is 0 Å². The molecule has 0 saturated heterocycles. The van der Waals surface area contributed by atoms with Crippen molar-refractivity contribution in [3.8, 4) is 6.07 Å². The number of hydrogen-bond acceptors (Lipinski definition) is 5. The molecule has 0 aliphatic heterocycles. The Morgan fingerprint density at radius 2 is 2.27 bits per heavy atom. The molecule has 1 aromatic carbocycles. The molecular weight excluding hydrogens is 296 g/mol. The molecule has 0 saturated carbocycles. The largest absolute Gasteiger partial charge is 0.401 e. The van der Waals surface area contributed by atoms with Gasteiger partial charge in [0.15, 0.2) is 10.9 Å². The van der Waals surface area contributed by atoms with Crippen LogP contribution in [0, 0.1) is 11.3 Å². The van der Waals surface area contributed by atoms with E-state index in [9.17, 15) is 4.79 Å². The van der Waals surface area contributed by atoms with E-state index < -0.39 is 0 Å².